The van der Waals surface area contributed by atoms with E-state index in [-0.39, 0.29) is 37.5 Å². The van der Waals surface area contributed by atoms with Crippen molar-refractivity contribution >= 4 is 28.8 Å². The Morgan fingerprint density at radius 1 is 1.24 bits per heavy atom. The molecule has 1 aliphatic heterocycles. The molecule has 8 heteroatoms. The van der Waals surface area contributed by atoms with Crippen LogP contribution in [0.15, 0.2) is 48.0 Å². The molecule has 0 amide bonds. The van der Waals surface area contributed by atoms with Gasteiger partial charge in [0.05, 0.1) is 24.4 Å². The van der Waals surface area contributed by atoms with Crippen LogP contribution >= 0.6 is 11.6 Å². The van der Waals surface area contributed by atoms with E-state index in [0.29, 0.717) is 21.8 Å². The minimum Gasteiger partial charge on any atom is -0.463 e. The monoisotopic (exact) mass is 425 g/mol. The van der Waals surface area contributed by atoms with Crippen molar-refractivity contribution in [3.63, 3.8) is 0 Å². The molecule has 29 heavy (non-hydrogen) atoms. The van der Waals surface area contributed by atoms with E-state index in [1.165, 1.54) is 18.2 Å². The third-order valence-corrected chi connectivity index (χ3v) is 4.73. The van der Waals surface area contributed by atoms with Crippen molar-refractivity contribution in [3.05, 3.63) is 69.8 Å². The number of benzene rings is 2. The van der Waals surface area contributed by atoms with Crippen molar-refractivity contribution in [1.82, 2.24) is 0 Å². The van der Waals surface area contributed by atoms with Crippen LogP contribution in [-0.2, 0) is 26.9 Å². The van der Waals surface area contributed by atoms with Crippen molar-refractivity contribution in [2.75, 3.05) is 25.3 Å². The fourth-order valence-electron chi connectivity index (χ4n) is 3.20. The summed E-state index contributed by atoms with van der Waals surface area (Å²) < 4.78 is 51.2. The molecule has 2 aromatic rings. The molecular weight excluding hydrogens is 407 g/mol. The third kappa shape index (κ3) is 4.92. The van der Waals surface area contributed by atoms with E-state index in [9.17, 15) is 18.0 Å². The zero-order valence-corrected chi connectivity index (χ0v) is 16.4. The number of allylic oxidation sites excluding steroid dienone is 1. The summed E-state index contributed by atoms with van der Waals surface area (Å²) in [6.07, 6.45) is -4.66. The van der Waals surface area contributed by atoms with E-state index in [1.54, 1.807) is 25.1 Å². The number of anilines is 1. The minimum atomic E-state index is -4.52. The number of fused-ring (bicyclic) bond motifs is 1. The summed E-state index contributed by atoms with van der Waals surface area (Å²) in [6.45, 7) is 1.83. The van der Waals surface area contributed by atoms with Crippen LogP contribution in [0.25, 0.3) is 5.57 Å². The first-order valence-corrected chi connectivity index (χ1v) is 9.34. The zero-order chi connectivity index (χ0) is 21.0. The maximum atomic E-state index is 13.5. The maximum Gasteiger partial charge on any atom is 0.416 e. The average molecular weight is 426 g/mol. The first-order chi connectivity index (χ1) is 13.8. The molecule has 0 atom stereocenters. The molecule has 4 nitrogen and oxygen atoms in total. The van der Waals surface area contributed by atoms with Gasteiger partial charge in [0, 0.05) is 16.3 Å². The molecular formula is C21H19ClF3NO3. The lowest BCUT2D eigenvalue weighted by molar-refractivity contribution is -0.139. The molecule has 0 unspecified atom stereocenters. The molecule has 0 fully saturated rings. The molecule has 1 aliphatic rings. The molecule has 1 heterocycles. The summed E-state index contributed by atoms with van der Waals surface area (Å²) in [4.78, 5) is 12.6. The van der Waals surface area contributed by atoms with Crippen LogP contribution in [0.1, 0.15) is 23.6 Å². The van der Waals surface area contributed by atoms with Crippen molar-refractivity contribution < 1.29 is 27.4 Å². The predicted molar refractivity (Wildman–Crippen MR) is 105 cm³/mol. The highest BCUT2D eigenvalue weighted by atomic mass is 35.5. The number of carbonyl (C=O) groups is 1. The second kappa shape index (κ2) is 8.88. The number of rotatable bonds is 4. The third-order valence-electron chi connectivity index (χ3n) is 4.49. The first kappa shape index (κ1) is 21.2. The normalized spacial score (nSPS) is 17.0. The van der Waals surface area contributed by atoms with Crippen molar-refractivity contribution in [2.24, 2.45) is 0 Å². The van der Waals surface area contributed by atoms with Gasteiger partial charge in [0.1, 0.15) is 6.73 Å². The second-order valence-electron chi connectivity index (χ2n) is 6.37. The second-order valence-corrected chi connectivity index (χ2v) is 6.81. The summed E-state index contributed by atoms with van der Waals surface area (Å²) in [6, 6.07) is 10.3. The van der Waals surface area contributed by atoms with Crippen LogP contribution in [-0.4, -0.2) is 25.9 Å². The van der Waals surface area contributed by atoms with E-state index >= 15 is 0 Å². The highest BCUT2D eigenvalue weighted by Crippen LogP contribution is 2.37. The first-order valence-electron chi connectivity index (χ1n) is 8.97. The smallest absolute Gasteiger partial charge is 0.416 e. The zero-order valence-electron chi connectivity index (χ0n) is 15.6. The summed E-state index contributed by atoms with van der Waals surface area (Å²) >= 11 is 6.15. The average Bonchev–Trinajstić information content (AvgIpc) is 2.66. The Morgan fingerprint density at radius 2 is 2.00 bits per heavy atom. The van der Waals surface area contributed by atoms with Gasteiger partial charge >= 0.3 is 12.1 Å². The Bertz CT molecular complexity index is 941. The molecule has 0 saturated heterocycles. The van der Waals surface area contributed by atoms with Gasteiger partial charge in [-0.2, -0.15) is 13.2 Å². The Labute approximate surface area is 171 Å². The molecule has 0 aliphatic carbocycles. The van der Waals surface area contributed by atoms with Crippen LogP contribution in [0.4, 0.5) is 18.9 Å². The van der Waals surface area contributed by atoms with Gasteiger partial charge in [0.2, 0.25) is 0 Å². The number of hydrogen-bond donors (Lipinski definition) is 1. The predicted octanol–water partition coefficient (Wildman–Crippen LogP) is 5.32. The number of nitrogens with one attached hydrogen (secondary N) is 1. The Kier molecular flexibility index (Phi) is 6.49. The Morgan fingerprint density at radius 3 is 2.72 bits per heavy atom. The summed E-state index contributed by atoms with van der Waals surface area (Å²) in [5.41, 5.74) is 0.994. The number of ether oxygens (including phenoxy) is 2. The highest BCUT2D eigenvalue weighted by molar-refractivity contribution is 6.31. The Balaban J connectivity index is 2.20. The molecule has 0 bridgehead atoms. The standard InChI is InChI=1S/C21H19ClF3NO3/c1-2-29-20(27)17-11-28-12-26-19-8-7-14(22)10-16(19)15(17)9-13-5-3-4-6-18(13)21(23,24)25/h3-8,10,26H,2,9,11-12H2,1H3/b17-15+. The SMILES string of the molecule is CCOC(=O)/C1=C(\Cc2ccccc2C(F)(F)F)c2cc(Cl)ccc2NCOC1. The van der Waals surface area contributed by atoms with Gasteiger partial charge in [-0.3, -0.25) is 0 Å². The maximum absolute atomic E-state index is 13.5. The van der Waals surface area contributed by atoms with Gasteiger partial charge < -0.3 is 14.8 Å². The van der Waals surface area contributed by atoms with Crippen LogP contribution in [0.2, 0.25) is 5.02 Å². The van der Waals surface area contributed by atoms with Crippen LogP contribution < -0.4 is 5.32 Å². The van der Waals surface area contributed by atoms with Crippen molar-refractivity contribution in [1.29, 1.82) is 0 Å². The van der Waals surface area contributed by atoms with E-state index in [0.717, 1.165) is 6.07 Å². The van der Waals surface area contributed by atoms with Gasteiger partial charge in [0.25, 0.3) is 0 Å². The topological polar surface area (TPSA) is 47.6 Å². The largest absolute Gasteiger partial charge is 0.463 e. The highest BCUT2D eigenvalue weighted by Gasteiger charge is 2.34. The molecule has 0 radical (unpaired) electrons. The Hall–Kier alpha value is -2.51. The lowest BCUT2D eigenvalue weighted by Gasteiger charge is -2.23. The van der Waals surface area contributed by atoms with Gasteiger partial charge in [-0.15, -0.1) is 0 Å². The van der Waals surface area contributed by atoms with Gasteiger partial charge in [-0.25, -0.2) is 4.79 Å². The molecule has 3 rings (SSSR count). The molecule has 1 N–H and O–H groups in total. The molecule has 2 aromatic carbocycles. The van der Waals surface area contributed by atoms with Gasteiger partial charge in [-0.05, 0) is 48.7 Å². The quantitative estimate of drug-likeness (QED) is 0.674. The fraction of sp³-hybridized carbons (Fsp3) is 0.286. The van der Waals surface area contributed by atoms with E-state index in [1.807, 2.05) is 0 Å². The van der Waals surface area contributed by atoms with Crippen LogP contribution in [0.3, 0.4) is 0 Å². The van der Waals surface area contributed by atoms with Crippen molar-refractivity contribution in [3.8, 4) is 0 Å². The van der Waals surface area contributed by atoms with E-state index in [4.69, 9.17) is 21.1 Å². The number of carbonyl (C=O) groups excluding carboxylic acids is 1. The fourth-order valence-corrected chi connectivity index (χ4v) is 3.37. The lowest BCUT2D eigenvalue weighted by atomic mass is 9.90. The van der Waals surface area contributed by atoms with E-state index < -0.39 is 17.7 Å². The molecule has 0 saturated carbocycles. The summed E-state index contributed by atoms with van der Waals surface area (Å²) in [5.74, 6) is -0.625. The molecule has 0 spiro atoms. The number of hydrogen-bond acceptors (Lipinski definition) is 4. The minimum absolute atomic E-state index is 0.0447. The van der Waals surface area contributed by atoms with E-state index in [2.05, 4.69) is 5.32 Å². The number of esters is 1. The van der Waals surface area contributed by atoms with Gasteiger partial charge in [0.15, 0.2) is 0 Å². The number of halogens is 4. The van der Waals surface area contributed by atoms with Crippen molar-refractivity contribution in [2.45, 2.75) is 19.5 Å². The lowest BCUT2D eigenvalue weighted by Crippen LogP contribution is -2.21. The molecule has 0 aromatic heterocycles. The van der Waals surface area contributed by atoms with Crippen LogP contribution in [0.5, 0.6) is 0 Å². The molecule has 154 valence electrons. The van der Waals surface area contributed by atoms with Gasteiger partial charge in [-0.1, -0.05) is 29.8 Å². The summed E-state index contributed by atoms with van der Waals surface area (Å²) in [7, 11) is 0. The number of alkyl halides is 3. The summed E-state index contributed by atoms with van der Waals surface area (Å²) in [5, 5.41) is 3.45. The van der Waals surface area contributed by atoms with Crippen LogP contribution in [0, 0.1) is 0 Å².